The lowest BCUT2D eigenvalue weighted by Gasteiger charge is -2.37. The summed E-state index contributed by atoms with van der Waals surface area (Å²) in [6.45, 7) is 5.55. The first-order chi connectivity index (χ1) is 21.9. The van der Waals surface area contributed by atoms with Gasteiger partial charge < -0.3 is 28.7 Å². The molecule has 2 aliphatic rings. The van der Waals surface area contributed by atoms with Gasteiger partial charge in [0.25, 0.3) is 0 Å². The fourth-order valence-electron chi connectivity index (χ4n) is 5.92. The van der Waals surface area contributed by atoms with Crippen molar-refractivity contribution < 1.29 is 46.5 Å². The minimum Gasteiger partial charge on any atom is -0.497 e. The van der Waals surface area contributed by atoms with Gasteiger partial charge in [-0.15, -0.1) is 0 Å². The molecule has 252 valence electrons. The Bertz CT molecular complexity index is 1300. The van der Waals surface area contributed by atoms with Crippen LogP contribution in [0.1, 0.15) is 51.2 Å². The molecule has 0 saturated carbocycles. The first-order valence-electron chi connectivity index (χ1n) is 15.4. The molecular weight excluding hydrogens is 607 g/mol. The molecule has 2 aliphatic heterocycles. The van der Waals surface area contributed by atoms with Crippen LogP contribution in [0, 0.1) is 0 Å². The Balaban J connectivity index is 1.47. The lowest BCUT2D eigenvalue weighted by molar-refractivity contribution is -0.189. The van der Waals surface area contributed by atoms with E-state index < -0.39 is 48.5 Å². The summed E-state index contributed by atoms with van der Waals surface area (Å²) in [5.41, 5.74) is 1.35. The number of benzene rings is 2. The highest BCUT2D eigenvalue weighted by Crippen LogP contribution is 2.34. The van der Waals surface area contributed by atoms with E-state index in [0.717, 1.165) is 10.5 Å². The topological polar surface area (TPSA) is 97.9 Å². The third-order valence-corrected chi connectivity index (χ3v) is 8.23. The van der Waals surface area contributed by atoms with Crippen molar-refractivity contribution in [3.8, 4) is 5.75 Å². The number of ether oxygens (including phenoxy) is 4. The zero-order chi connectivity index (χ0) is 33.4. The van der Waals surface area contributed by atoms with Gasteiger partial charge in [-0.2, -0.15) is 13.2 Å². The number of methoxy groups -OCH3 is 1. The summed E-state index contributed by atoms with van der Waals surface area (Å²) in [5, 5.41) is 0. The zero-order valence-electron chi connectivity index (χ0n) is 26.6. The predicted molar refractivity (Wildman–Crippen MR) is 162 cm³/mol. The molecule has 3 atom stereocenters. The Labute approximate surface area is 267 Å². The van der Waals surface area contributed by atoms with Gasteiger partial charge in [-0.1, -0.05) is 42.5 Å². The number of nitrogens with zero attached hydrogens (tertiary/aromatic N) is 3. The van der Waals surface area contributed by atoms with Crippen LogP contribution < -0.4 is 4.74 Å². The number of amides is 3. The van der Waals surface area contributed by atoms with Crippen LogP contribution in [0.2, 0.25) is 0 Å². The van der Waals surface area contributed by atoms with Gasteiger partial charge >= 0.3 is 24.3 Å². The van der Waals surface area contributed by atoms with Crippen molar-refractivity contribution in [3.05, 3.63) is 65.7 Å². The van der Waals surface area contributed by atoms with E-state index in [9.17, 15) is 27.6 Å². The number of rotatable bonds is 10. The maximum atomic E-state index is 14.0. The summed E-state index contributed by atoms with van der Waals surface area (Å²) in [7, 11) is 1.48. The van der Waals surface area contributed by atoms with Gasteiger partial charge in [0.2, 0.25) is 0 Å². The third kappa shape index (κ3) is 9.05. The van der Waals surface area contributed by atoms with E-state index in [4.69, 9.17) is 18.9 Å². The van der Waals surface area contributed by atoms with Crippen molar-refractivity contribution in [1.29, 1.82) is 0 Å². The summed E-state index contributed by atoms with van der Waals surface area (Å²) < 4.78 is 64.2. The van der Waals surface area contributed by atoms with Crippen LogP contribution in [0.3, 0.4) is 0 Å². The Morgan fingerprint density at radius 1 is 0.957 bits per heavy atom. The molecule has 2 aromatic carbocycles. The molecule has 0 N–H and O–H groups in total. The monoisotopic (exact) mass is 649 g/mol. The molecule has 0 aromatic heterocycles. The summed E-state index contributed by atoms with van der Waals surface area (Å²) in [6.07, 6.45) is -5.97. The second kappa shape index (κ2) is 15.5. The lowest BCUT2D eigenvalue weighted by Crippen LogP contribution is -2.54. The van der Waals surface area contributed by atoms with E-state index in [1.165, 1.54) is 12.0 Å². The van der Waals surface area contributed by atoms with Gasteiger partial charge in [0, 0.05) is 25.7 Å². The maximum absolute atomic E-state index is 14.0. The molecule has 0 aliphatic carbocycles. The fourth-order valence-corrected chi connectivity index (χ4v) is 5.92. The fraction of sp³-hybridized carbons (Fsp3) is 0.545. The Hall–Kier alpha value is -4.00. The molecule has 46 heavy (non-hydrogen) atoms. The number of alkyl halides is 3. The number of carbonyl (C=O) groups is 3. The van der Waals surface area contributed by atoms with E-state index >= 15 is 0 Å². The molecule has 10 nitrogen and oxygen atoms in total. The van der Waals surface area contributed by atoms with Gasteiger partial charge in [0.05, 0.1) is 38.0 Å². The van der Waals surface area contributed by atoms with Crippen LogP contribution in [-0.2, 0) is 32.2 Å². The number of hydrogen-bond acceptors (Lipinski definition) is 7. The van der Waals surface area contributed by atoms with Gasteiger partial charge in [-0.3, -0.25) is 9.69 Å². The summed E-state index contributed by atoms with van der Waals surface area (Å²) >= 11 is 0. The molecule has 2 aromatic rings. The normalized spacial score (nSPS) is 20.5. The molecule has 0 radical (unpaired) electrons. The van der Waals surface area contributed by atoms with Crippen LogP contribution in [-0.4, -0.2) is 96.1 Å². The average molecular weight is 650 g/mol. The van der Waals surface area contributed by atoms with Gasteiger partial charge in [-0.25, -0.2) is 9.59 Å². The van der Waals surface area contributed by atoms with Crippen molar-refractivity contribution in [3.63, 3.8) is 0 Å². The van der Waals surface area contributed by atoms with E-state index in [2.05, 4.69) is 0 Å². The second-order valence-electron chi connectivity index (χ2n) is 11.9. The molecule has 3 amide bonds. The lowest BCUT2D eigenvalue weighted by atomic mass is 10.0. The largest absolute Gasteiger partial charge is 0.497 e. The van der Waals surface area contributed by atoms with Crippen LogP contribution in [0.25, 0.3) is 0 Å². The van der Waals surface area contributed by atoms with Gasteiger partial charge in [0.1, 0.15) is 12.4 Å². The van der Waals surface area contributed by atoms with E-state index in [-0.39, 0.29) is 32.3 Å². The molecule has 0 unspecified atom stereocenters. The predicted octanol–water partition coefficient (Wildman–Crippen LogP) is 5.78. The maximum Gasteiger partial charge on any atom is 0.471 e. The minimum atomic E-state index is -5.13. The van der Waals surface area contributed by atoms with Crippen LogP contribution >= 0.6 is 0 Å². The average Bonchev–Trinajstić information content (AvgIpc) is 3.36. The molecule has 13 heteroatoms. The highest BCUT2D eigenvalue weighted by atomic mass is 19.4. The van der Waals surface area contributed by atoms with Crippen LogP contribution in [0.4, 0.5) is 22.8 Å². The Morgan fingerprint density at radius 3 is 2.20 bits per heavy atom. The molecule has 0 spiro atoms. The quantitative estimate of drug-likeness (QED) is 0.322. The second-order valence-corrected chi connectivity index (χ2v) is 11.9. The van der Waals surface area contributed by atoms with E-state index in [1.54, 1.807) is 49.9 Å². The van der Waals surface area contributed by atoms with Gasteiger partial charge in [0.15, 0.2) is 0 Å². The Morgan fingerprint density at radius 2 is 1.61 bits per heavy atom. The van der Waals surface area contributed by atoms with Crippen molar-refractivity contribution in [1.82, 2.24) is 14.7 Å². The molecule has 2 saturated heterocycles. The highest BCUT2D eigenvalue weighted by Gasteiger charge is 2.52. The number of likely N-dealkylation sites (tertiary alicyclic amines) is 2. The molecule has 2 heterocycles. The van der Waals surface area contributed by atoms with Crippen LogP contribution in [0.5, 0.6) is 5.75 Å². The third-order valence-electron chi connectivity index (χ3n) is 8.23. The minimum absolute atomic E-state index is 0.102. The first kappa shape index (κ1) is 34.9. The summed E-state index contributed by atoms with van der Waals surface area (Å²) in [4.78, 5) is 42.5. The van der Waals surface area contributed by atoms with Gasteiger partial charge in [-0.05, 0) is 63.3 Å². The number of halogens is 3. The van der Waals surface area contributed by atoms with E-state index in [0.29, 0.717) is 37.2 Å². The molecule has 2 fully saturated rings. The number of piperidine rings is 1. The van der Waals surface area contributed by atoms with Crippen molar-refractivity contribution in [2.75, 3.05) is 26.8 Å². The summed E-state index contributed by atoms with van der Waals surface area (Å²) in [5.74, 6) is -1.47. The van der Waals surface area contributed by atoms with Crippen molar-refractivity contribution in [2.24, 2.45) is 0 Å². The molecule has 4 rings (SSSR count). The Kier molecular flexibility index (Phi) is 11.8. The standard InChI is InChI=1S/C33H42F3N3O7/c1-22(2)46-32(42)39-23(3)18-28(38(30(40)33(34,35)36)19-24-10-12-26(43-4)13-11-24)29(39)21-44-27-14-16-37(17-15-27)31(41)45-20-25-8-6-5-7-9-25/h5-13,22-23,27-29H,14-21H2,1-4H3/t23-,28+,29+/m1/s1. The number of carbonyl (C=O) groups excluding carboxylic acids is 3. The van der Waals surface area contributed by atoms with Crippen molar-refractivity contribution >= 4 is 18.1 Å². The highest BCUT2D eigenvalue weighted by molar-refractivity contribution is 5.82. The molecule has 0 bridgehead atoms. The number of hydrogen-bond donors (Lipinski definition) is 0. The smallest absolute Gasteiger partial charge is 0.471 e. The molecular formula is C33H42F3N3O7. The van der Waals surface area contributed by atoms with Crippen molar-refractivity contribution in [2.45, 2.75) is 89.7 Å². The van der Waals surface area contributed by atoms with Crippen LogP contribution in [0.15, 0.2) is 54.6 Å². The summed E-state index contributed by atoms with van der Waals surface area (Å²) in [6, 6.07) is 13.3. The zero-order valence-corrected chi connectivity index (χ0v) is 26.6. The van der Waals surface area contributed by atoms with E-state index in [1.807, 2.05) is 30.3 Å². The SMILES string of the molecule is COc1ccc(CN(C(=O)C(F)(F)F)[C@H]2C[C@@H](C)N(C(=O)OC(C)C)[C@H]2COC2CCN(C(=O)OCc3ccccc3)CC2)cc1. The first-order valence-corrected chi connectivity index (χ1v) is 15.4.